The SMILES string of the molecule is O=C(c1cc2cccc(F)c2o1)C1CCSC1. The van der Waals surface area contributed by atoms with E-state index in [4.69, 9.17) is 4.42 Å². The zero-order chi connectivity index (χ0) is 11.8. The van der Waals surface area contributed by atoms with Crippen molar-refractivity contribution in [2.75, 3.05) is 11.5 Å². The minimum atomic E-state index is -0.414. The van der Waals surface area contributed by atoms with Crippen LogP contribution in [0, 0.1) is 11.7 Å². The van der Waals surface area contributed by atoms with Gasteiger partial charge >= 0.3 is 0 Å². The summed E-state index contributed by atoms with van der Waals surface area (Å²) in [6.45, 7) is 0. The molecule has 2 aromatic rings. The molecule has 2 heterocycles. The molecule has 1 aliphatic heterocycles. The van der Waals surface area contributed by atoms with Crippen LogP contribution in [-0.4, -0.2) is 17.3 Å². The molecule has 0 spiro atoms. The van der Waals surface area contributed by atoms with E-state index in [1.54, 1.807) is 30.0 Å². The van der Waals surface area contributed by atoms with Gasteiger partial charge < -0.3 is 4.42 Å². The molecule has 17 heavy (non-hydrogen) atoms. The molecule has 2 nitrogen and oxygen atoms in total. The van der Waals surface area contributed by atoms with Crippen molar-refractivity contribution in [1.82, 2.24) is 0 Å². The number of halogens is 1. The number of Topliss-reactive ketones (excluding diaryl/α,β-unsaturated/α-hetero) is 1. The molecule has 0 bridgehead atoms. The topological polar surface area (TPSA) is 30.2 Å². The van der Waals surface area contributed by atoms with Crippen molar-refractivity contribution in [2.45, 2.75) is 6.42 Å². The highest BCUT2D eigenvalue weighted by molar-refractivity contribution is 7.99. The minimum Gasteiger partial charge on any atom is -0.450 e. The summed E-state index contributed by atoms with van der Waals surface area (Å²) in [5.74, 6) is 1.78. The van der Waals surface area contributed by atoms with E-state index in [1.165, 1.54) is 6.07 Å². The predicted molar refractivity (Wildman–Crippen MR) is 65.9 cm³/mol. The summed E-state index contributed by atoms with van der Waals surface area (Å²) in [5.41, 5.74) is 0.182. The van der Waals surface area contributed by atoms with Gasteiger partial charge in [-0.1, -0.05) is 12.1 Å². The summed E-state index contributed by atoms with van der Waals surface area (Å²) in [6, 6.07) is 6.35. The largest absolute Gasteiger partial charge is 0.450 e. The first-order chi connectivity index (χ1) is 8.25. The van der Waals surface area contributed by atoms with Crippen LogP contribution in [0.3, 0.4) is 0 Å². The Morgan fingerprint density at radius 1 is 1.47 bits per heavy atom. The maximum Gasteiger partial charge on any atom is 0.201 e. The van der Waals surface area contributed by atoms with Gasteiger partial charge in [0.25, 0.3) is 0 Å². The first kappa shape index (κ1) is 10.8. The van der Waals surface area contributed by atoms with Crippen LogP contribution in [0.5, 0.6) is 0 Å². The first-order valence-corrected chi connectivity index (χ1v) is 6.71. The fourth-order valence-corrected chi connectivity index (χ4v) is 3.31. The van der Waals surface area contributed by atoms with Crippen molar-refractivity contribution >= 4 is 28.5 Å². The molecule has 0 radical (unpaired) electrons. The Morgan fingerprint density at radius 2 is 2.35 bits per heavy atom. The van der Waals surface area contributed by atoms with Gasteiger partial charge in [0.1, 0.15) is 0 Å². The number of carbonyl (C=O) groups excluding carboxylic acids is 1. The standard InChI is InChI=1S/C13H11FO2S/c14-10-3-1-2-8-6-11(16-13(8)10)12(15)9-4-5-17-7-9/h1-3,6,9H,4-5,7H2. The summed E-state index contributed by atoms with van der Waals surface area (Å²) in [6.07, 6.45) is 0.892. The second kappa shape index (κ2) is 4.18. The summed E-state index contributed by atoms with van der Waals surface area (Å²) >= 11 is 1.78. The lowest BCUT2D eigenvalue weighted by molar-refractivity contribution is 0.0907. The fraction of sp³-hybridized carbons (Fsp3) is 0.308. The van der Waals surface area contributed by atoms with Crippen molar-refractivity contribution < 1.29 is 13.6 Å². The molecule has 0 aliphatic carbocycles. The number of furan rings is 1. The Hall–Kier alpha value is -1.29. The number of carbonyl (C=O) groups is 1. The average Bonchev–Trinajstić information content (AvgIpc) is 2.98. The molecule has 1 fully saturated rings. The molecule has 1 aliphatic rings. The van der Waals surface area contributed by atoms with E-state index < -0.39 is 5.82 Å². The van der Waals surface area contributed by atoms with E-state index in [0.717, 1.165) is 17.9 Å². The summed E-state index contributed by atoms with van der Waals surface area (Å²) in [7, 11) is 0. The van der Waals surface area contributed by atoms with E-state index in [9.17, 15) is 9.18 Å². The molecule has 0 amide bonds. The van der Waals surface area contributed by atoms with Gasteiger partial charge in [-0.25, -0.2) is 4.39 Å². The van der Waals surface area contributed by atoms with Gasteiger partial charge in [-0.05, 0) is 24.3 Å². The zero-order valence-electron chi connectivity index (χ0n) is 9.11. The molecule has 1 aromatic carbocycles. The average molecular weight is 250 g/mol. The van der Waals surface area contributed by atoms with E-state index in [0.29, 0.717) is 5.39 Å². The van der Waals surface area contributed by atoms with Gasteiger partial charge in [-0.2, -0.15) is 11.8 Å². The third-order valence-corrected chi connectivity index (χ3v) is 4.20. The fourth-order valence-electron chi connectivity index (χ4n) is 2.09. The summed E-state index contributed by atoms with van der Waals surface area (Å²) in [4.78, 5) is 12.1. The van der Waals surface area contributed by atoms with Gasteiger partial charge in [0.05, 0.1) is 0 Å². The molecule has 1 aromatic heterocycles. The molecule has 1 saturated heterocycles. The molecule has 0 N–H and O–H groups in total. The molecular weight excluding hydrogens is 239 g/mol. The van der Waals surface area contributed by atoms with Crippen LogP contribution < -0.4 is 0 Å². The minimum absolute atomic E-state index is 0.00519. The number of hydrogen-bond acceptors (Lipinski definition) is 3. The van der Waals surface area contributed by atoms with Crippen LogP contribution in [0.4, 0.5) is 4.39 Å². The maximum absolute atomic E-state index is 13.4. The number of thioether (sulfide) groups is 1. The Kier molecular flexibility index (Phi) is 2.67. The van der Waals surface area contributed by atoms with E-state index in [2.05, 4.69) is 0 Å². The lowest BCUT2D eigenvalue weighted by atomic mass is 10.0. The van der Waals surface area contributed by atoms with Gasteiger partial charge in [0.2, 0.25) is 5.78 Å². The quantitative estimate of drug-likeness (QED) is 0.764. The number of fused-ring (bicyclic) bond motifs is 1. The van der Waals surface area contributed by atoms with E-state index in [-0.39, 0.29) is 23.0 Å². The number of benzene rings is 1. The van der Waals surface area contributed by atoms with Gasteiger partial charge in [-0.3, -0.25) is 4.79 Å². The molecule has 1 atom stereocenters. The van der Waals surface area contributed by atoms with Gasteiger partial charge in [0.15, 0.2) is 17.2 Å². The Balaban J connectivity index is 2.00. The van der Waals surface area contributed by atoms with Crippen LogP contribution in [0.1, 0.15) is 17.0 Å². The first-order valence-electron chi connectivity index (χ1n) is 5.56. The predicted octanol–water partition coefficient (Wildman–Crippen LogP) is 3.51. The van der Waals surface area contributed by atoms with Crippen LogP contribution in [0.2, 0.25) is 0 Å². The van der Waals surface area contributed by atoms with Crippen LogP contribution in [0.25, 0.3) is 11.0 Å². The molecular formula is C13H11FO2S. The Bertz CT molecular complexity index is 570. The third kappa shape index (κ3) is 1.86. The van der Waals surface area contributed by atoms with Gasteiger partial charge in [-0.15, -0.1) is 0 Å². The van der Waals surface area contributed by atoms with Crippen molar-refractivity contribution in [2.24, 2.45) is 5.92 Å². The second-order valence-corrected chi connectivity index (χ2v) is 5.34. The number of rotatable bonds is 2. The lowest BCUT2D eigenvalue weighted by Crippen LogP contribution is -2.12. The van der Waals surface area contributed by atoms with Crippen molar-refractivity contribution in [3.63, 3.8) is 0 Å². The number of para-hydroxylation sites is 1. The number of hydrogen-bond donors (Lipinski definition) is 0. The molecule has 4 heteroatoms. The molecule has 3 rings (SSSR count). The highest BCUT2D eigenvalue weighted by Gasteiger charge is 2.27. The van der Waals surface area contributed by atoms with Crippen molar-refractivity contribution in [3.8, 4) is 0 Å². The number of ketones is 1. The van der Waals surface area contributed by atoms with Crippen LogP contribution >= 0.6 is 11.8 Å². The van der Waals surface area contributed by atoms with Crippen molar-refractivity contribution in [1.29, 1.82) is 0 Å². The third-order valence-electron chi connectivity index (χ3n) is 3.04. The molecule has 0 saturated carbocycles. The highest BCUT2D eigenvalue weighted by Crippen LogP contribution is 2.29. The molecule has 1 unspecified atom stereocenters. The maximum atomic E-state index is 13.4. The van der Waals surface area contributed by atoms with Gasteiger partial charge in [0, 0.05) is 17.1 Å². The summed E-state index contributed by atoms with van der Waals surface area (Å²) < 4.78 is 18.8. The normalized spacial score (nSPS) is 19.9. The van der Waals surface area contributed by atoms with Crippen molar-refractivity contribution in [3.05, 3.63) is 35.8 Å². The van der Waals surface area contributed by atoms with Crippen LogP contribution in [0.15, 0.2) is 28.7 Å². The Morgan fingerprint density at radius 3 is 3.06 bits per heavy atom. The Labute approximate surface area is 102 Å². The lowest BCUT2D eigenvalue weighted by Gasteiger charge is -2.02. The zero-order valence-corrected chi connectivity index (χ0v) is 9.93. The van der Waals surface area contributed by atoms with E-state index >= 15 is 0 Å². The highest BCUT2D eigenvalue weighted by atomic mass is 32.2. The monoisotopic (exact) mass is 250 g/mol. The van der Waals surface area contributed by atoms with E-state index in [1.807, 2.05) is 0 Å². The second-order valence-electron chi connectivity index (χ2n) is 4.19. The molecule has 88 valence electrons. The summed E-state index contributed by atoms with van der Waals surface area (Å²) in [5, 5.41) is 0.652. The van der Waals surface area contributed by atoms with Crippen LogP contribution in [-0.2, 0) is 0 Å². The smallest absolute Gasteiger partial charge is 0.201 e.